The third-order valence-corrected chi connectivity index (χ3v) is 3.55. The van der Waals surface area contributed by atoms with Crippen LogP contribution in [-0.4, -0.2) is 32.2 Å². The van der Waals surface area contributed by atoms with E-state index in [-0.39, 0.29) is 5.56 Å². The summed E-state index contributed by atoms with van der Waals surface area (Å²) in [6.07, 6.45) is -1.01. The Morgan fingerprint density at radius 3 is 2.27 bits per heavy atom. The van der Waals surface area contributed by atoms with Crippen LogP contribution in [0.1, 0.15) is 22.8 Å². The van der Waals surface area contributed by atoms with Crippen molar-refractivity contribution >= 4 is 17.6 Å². The average Bonchev–Trinajstić information content (AvgIpc) is 2.67. The molecule has 2 rings (SSSR count). The van der Waals surface area contributed by atoms with Gasteiger partial charge < -0.3 is 19.5 Å². The van der Waals surface area contributed by atoms with Crippen LogP contribution in [0.4, 0.5) is 5.69 Å². The molecule has 1 amide bonds. The highest BCUT2D eigenvalue weighted by atomic mass is 16.5. The van der Waals surface area contributed by atoms with E-state index in [1.807, 2.05) is 6.07 Å². The van der Waals surface area contributed by atoms with E-state index in [0.717, 1.165) is 0 Å². The Hall–Kier alpha value is -3.53. The molecule has 0 aromatic heterocycles. The number of hydrogen-bond acceptors (Lipinski definition) is 6. The zero-order chi connectivity index (χ0) is 19.1. The molecule has 0 saturated heterocycles. The maximum Gasteiger partial charge on any atom is 0.339 e. The minimum atomic E-state index is -1.01. The Kier molecular flexibility index (Phi) is 6.17. The second-order valence-electron chi connectivity index (χ2n) is 5.30. The molecule has 1 atom stereocenters. The normalized spacial score (nSPS) is 11.0. The lowest BCUT2D eigenvalue weighted by molar-refractivity contribution is -0.123. The average molecular weight is 354 g/mol. The lowest BCUT2D eigenvalue weighted by Crippen LogP contribution is -2.30. The molecule has 0 aliphatic rings. The smallest absolute Gasteiger partial charge is 0.339 e. The summed E-state index contributed by atoms with van der Waals surface area (Å²) in [5.74, 6) is -0.274. The number of anilines is 1. The Morgan fingerprint density at radius 1 is 1.04 bits per heavy atom. The first-order valence-electron chi connectivity index (χ1n) is 7.72. The third-order valence-electron chi connectivity index (χ3n) is 3.55. The number of nitrogens with one attached hydrogen (secondary N) is 1. The van der Waals surface area contributed by atoms with E-state index in [1.165, 1.54) is 33.3 Å². The second kappa shape index (κ2) is 8.53. The molecule has 2 aromatic carbocycles. The topological polar surface area (TPSA) is 97.6 Å². The van der Waals surface area contributed by atoms with Gasteiger partial charge in [-0.15, -0.1) is 0 Å². The standard InChI is InChI=1S/C19H18N2O5/c1-12(18(22)21-15-7-4-13(11-20)5-8-15)26-19(23)14-6-9-16(24-2)17(10-14)25-3/h4-10,12H,1-3H3,(H,21,22)/t12-/m0/s1. The minimum absolute atomic E-state index is 0.237. The van der Waals surface area contributed by atoms with Gasteiger partial charge in [0, 0.05) is 5.69 Å². The van der Waals surface area contributed by atoms with Gasteiger partial charge in [0.15, 0.2) is 17.6 Å². The number of carbonyl (C=O) groups excluding carboxylic acids is 2. The van der Waals surface area contributed by atoms with Crippen LogP contribution < -0.4 is 14.8 Å². The highest BCUT2D eigenvalue weighted by molar-refractivity contribution is 5.97. The molecule has 0 spiro atoms. The molecule has 0 saturated carbocycles. The van der Waals surface area contributed by atoms with Crippen LogP contribution in [0.15, 0.2) is 42.5 Å². The highest BCUT2D eigenvalue weighted by Gasteiger charge is 2.20. The van der Waals surface area contributed by atoms with Crippen LogP contribution in [0.25, 0.3) is 0 Å². The third kappa shape index (κ3) is 4.51. The Balaban J connectivity index is 2.01. The molecule has 0 bridgehead atoms. The highest BCUT2D eigenvalue weighted by Crippen LogP contribution is 2.28. The van der Waals surface area contributed by atoms with E-state index >= 15 is 0 Å². The molecule has 0 radical (unpaired) electrons. The number of ether oxygens (including phenoxy) is 3. The fraction of sp³-hybridized carbons (Fsp3) is 0.211. The van der Waals surface area contributed by atoms with Crippen LogP contribution in [0, 0.1) is 11.3 Å². The van der Waals surface area contributed by atoms with Gasteiger partial charge in [-0.25, -0.2) is 4.79 Å². The molecule has 0 unspecified atom stereocenters. The largest absolute Gasteiger partial charge is 0.493 e. The van der Waals surface area contributed by atoms with Gasteiger partial charge in [-0.2, -0.15) is 5.26 Å². The number of amides is 1. The van der Waals surface area contributed by atoms with Gasteiger partial charge in [0.05, 0.1) is 31.4 Å². The summed E-state index contributed by atoms with van der Waals surface area (Å²) in [6, 6.07) is 12.9. The van der Waals surface area contributed by atoms with Crippen molar-refractivity contribution in [3.8, 4) is 17.6 Å². The first-order chi connectivity index (χ1) is 12.5. The summed E-state index contributed by atoms with van der Waals surface area (Å²) < 4.78 is 15.4. The summed E-state index contributed by atoms with van der Waals surface area (Å²) in [4.78, 5) is 24.4. The second-order valence-corrected chi connectivity index (χ2v) is 5.30. The quantitative estimate of drug-likeness (QED) is 0.801. The number of methoxy groups -OCH3 is 2. The molecule has 7 heteroatoms. The first-order valence-corrected chi connectivity index (χ1v) is 7.72. The van der Waals surface area contributed by atoms with Crippen molar-refractivity contribution in [3.63, 3.8) is 0 Å². The first kappa shape index (κ1) is 18.8. The van der Waals surface area contributed by atoms with Gasteiger partial charge in [-0.05, 0) is 49.4 Å². The lowest BCUT2D eigenvalue weighted by Gasteiger charge is -2.14. The molecule has 7 nitrogen and oxygen atoms in total. The van der Waals surface area contributed by atoms with Crippen LogP contribution in [0.5, 0.6) is 11.5 Å². The van der Waals surface area contributed by atoms with Gasteiger partial charge in [0.25, 0.3) is 5.91 Å². The summed E-state index contributed by atoms with van der Waals surface area (Å²) in [5.41, 5.74) is 1.22. The van der Waals surface area contributed by atoms with Crippen LogP contribution in [-0.2, 0) is 9.53 Å². The van der Waals surface area contributed by atoms with Gasteiger partial charge in [0.1, 0.15) is 0 Å². The van der Waals surface area contributed by atoms with Gasteiger partial charge >= 0.3 is 5.97 Å². The monoisotopic (exact) mass is 354 g/mol. The molecular formula is C19H18N2O5. The zero-order valence-corrected chi connectivity index (χ0v) is 14.6. The molecule has 0 aliphatic carbocycles. The number of nitrogens with zero attached hydrogens (tertiary/aromatic N) is 1. The van der Waals surface area contributed by atoms with E-state index in [1.54, 1.807) is 30.3 Å². The van der Waals surface area contributed by atoms with Gasteiger partial charge in [-0.1, -0.05) is 0 Å². The molecule has 134 valence electrons. The molecule has 26 heavy (non-hydrogen) atoms. The summed E-state index contributed by atoms with van der Waals surface area (Å²) in [6.45, 7) is 1.47. The number of hydrogen-bond donors (Lipinski definition) is 1. The van der Waals surface area contributed by atoms with Crippen LogP contribution >= 0.6 is 0 Å². The maximum atomic E-state index is 12.2. The van der Waals surface area contributed by atoms with E-state index in [2.05, 4.69) is 5.32 Å². The molecule has 0 aliphatic heterocycles. The summed E-state index contributed by atoms with van der Waals surface area (Å²) in [7, 11) is 2.95. The number of esters is 1. The minimum Gasteiger partial charge on any atom is -0.493 e. The van der Waals surface area contributed by atoms with E-state index in [9.17, 15) is 9.59 Å². The summed E-state index contributed by atoms with van der Waals surface area (Å²) >= 11 is 0. The van der Waals surface area contributed by atoms with Crippen molar-refractivity contribution in [1.29, 1.82) is 5.26 Å². The van der Waals surface area contributed by atoms with E-state index in [0.29, 0.717) is 22.7 Å². The van der Waals surface area contributed by atoms with Crippen LogP contribution in [0.2, 0.25) is 0 Å². The van der Waals surface area contributed by atoms with Crippen molar-refractivity contribution in [2.24, 2.45) is 0 Å². The maximum absolute atomic E-state index is 12.2. The number of nitriles is 1. The van der Waals surface area contributed by atoms with E-state index < -0.39 is 18.0 Å². The van der Waals surface area contributed by atoms with Crippen molar-refractivity contribution in [1.82, 2.24) is 0 Å². The number of carbonyl (C=O) groups is 2. The Bertz CT molecular complexity index is 840. The van der Waals surface area contributed by atoms with Crippen LogP contribution in [0.3, 0.4) is 0 Å². The number of rotatable bonds is 6. The lowest BCUT2D eigenvalue weighted by atomic mass is 10.2. The predicted molar refractivity (Wildman–Crippen MR) is 94.2 cm³/mol. The van der Waals surface area contributed by atoms with Crippen molar-refractivity contribution in [3.05, 3.63) is 53.6 Å². The van der Waals surface area contributed by atoms with Gasteiger partial charge in [-0.3, -0.25) is 4.79 Å². The molecular weight excluding hydrogens is 336 g/mol. The summed E-state index contributed by atoms with van der Waals surface area (Å²) in [5, 5.41) is 11.4. The zero-order valence-electron chi connectivity index (χ0n) is 14.6. The molecule has 1 N–H and O–H groups in total. The van der Waals surface area contributed by atoms with Crippen molar-refractivity contribution in [2.45, 2.75) is 13.0 Å². The van der Waals surface area contributed by atoms with Gasteiger partial charge in [0.2, 0.25) is 0 Å². The van der Waals surface area contributed by atoms with Crippen molar-refractivity contribution in [2.75, 3.05) is 19.5 Å². The fourth-order valence-corrected chi connectivity index (χ4v) is 2.12. The van der Waals surface area contributed by atoms with E-state index in [4.69, 9.17) is 19.5 Å². The Morgan fingerprint density at radius 2 is 1.69 bits per heavy atom. The molecule has 0 fully saturated rings. The molecule has 2 aromatic rings. The SMILES string of the molecule is COc1ccc(C(=O)O[C@@H](C)C(=O)Nc2ccc(C#N)cc2)cc1OC. The fourth-order valence-electron chi connectivity index (χ4n) is 2.12. The Labute approximate surface area is 151 Å². The molecule has 0 heterocycles. The predicted octanol–water partition coefficient (Wildman–Crippen LogP) is 2.76. The number of benzene rings is 2. The van der Waals surface area contributed by atoms with Crippen molar-refractivity contribution < 1.29 is 23.8 Å².